The highest BCUT2D eigenvalue weighted by molar-refractivity contribution is 6.17. The van der Waals surface area contributed by atoms with Crippen LogP contribution < -0.4 is 15.4 Å². The van der Waals surface area contributed by atoms with Gasteiger partial charge in [0.2, 0.25) is 5.76 Å². The van der Waals surface area contributed by atoms with Crippen molar-refractivity contribution in [2.75, 3.05) is 17.2 Å². The minimum atomic E-state index is -0.451. The number of fused-ring (bicyclic) bond motifs is 1. The largest absolute Gasteiger partial charge is 0.493 e. The molecule has 2 amide bonds. The summed E-state index contributed by atoms with van der Waals surface area (Å²) in [5.41, 5.74) is 1.84. The summed E-state index contributed by atoms with van der Waals surface area (Å²) in [7, 11) is 0. The smallest absolute Gasteiger partial charge is 0.293 e. The highest BCUT2D eigenvalue weighted by Gasteiger charge is 2.24. The summed E-state index contributed by atoms with van der Waals surface area (Å²) < 4.78 is 11.5. The maximum atomic E-state index is 13.1. The van der Waals surface area contributed by atoms with Crippen LogP contribution >= 0.6 is 0 Å². The first-order valence-electron chi connectivity index (χ1n) is 10.1. The molecule has 2 N–H and O–H groups in total. The van der Waals surface area contributed by atoms with Crippen LogP contribution in [0.2, 0.25) is 0 Å². The number of nitrogens with one attached hydrogen (secondary N) is 2. The number of carbonyl (C=O) groups is 2. The van der Waals surface area contributed by atoms with Crippen molar-refractivity contribution >= 4 is 34.2 Å². The standard InChI is InChI=1S/C25H22N2O4/c1-2-16-30-20-14-8-7-13-19(20)24(28)27-22-18-12-6-9-15-21(18)31-23(22)25(29)26-17-10-4-3-5-11-17/h3-15H,2,16H2,1H3,(H,26,29)(H,27,28). The van der Waals surface area contributed by atoms with Crippen molar-refractivity contribution in [1.82, 2.24) is 0 Å². The van der Waals surface area contributed by atoms with Gasteiger partial charge in [-0.3, -0.25) is 9.59 Å². The monoisotopic (exact) mass is 414 g/mol. The van der Waals surface area contributed by atoms with Crippen LogP contribution in [-0.2, 0) is 0 Å². The van der Waals surface area contributed by atoms with E-state index in [1.165, 1.54) is 0 Å². The molecule has 3 aromatic carbocycles. The Morgan fingerprint density at radius 3 is 2.35 bits per heavy atom. The van der Waals surface area contributed by atoms with Crippen LogP contribution in [0.1, 0.15) is 34.3 Å². The van der Waals surface area contributed by atoms with Gasteiger partial charge in [0.25, 0.3) is 11.8 Å². The van der Waals surface area contributed by atoms with Gasteiger partial charge in [-0.2, -0.15) is 0 Å². The average molecular weight is 414 g/mol. The van der Waals surface area contributed by atoms with Crippen LogP contribution in [0.25, 0.3) is 11.0 Å². The number of hydrogen-bond donors (Lipinski definition) is 2. The number of benzene rings is 3. The van der Waals surface area contributed by atoms with E-state index in [2.05, 4.69) is 10.6 Å². The lowest BCUT2D eigenvalue weighted by atomic mass is 10.1. The Hall–Kier alpha value is -4.06. The molecule has 0 saturated heterocycles. The molecule has 0 saturated carbocycles. The fourth-order valence-corrected chi connectivity index (χ4v) is 3.21. The van der Waals surface area contributed by atoms with Crippen LogP contribution in [0, 0.1) is 0 Å². The minimum Gasteiger partial charge on any atom is -0.493 e. The molecular weight excluding hydrogens is 392 g/mol. The summed E-state index contributed by atoms with van der Waals surface area (Å²) in [5, 5.41) is 6.30. The molecule has 4 rings (SSSR count). The van der Waals surface area contributed by atoms with E-state index in [-0.39, 0.29) is 11.7 Å². The van der Waals surface area contributed by atoms with Gasteiger partial charge in [-0.1, -0.05) is 49.4 Å². The van der Waals surface area contributed by atoms with Crippen LogP contribution in [-0.4, -0.2) is 18.4 Å². The summed E-state index contributed by atoms with van der Waals surface area (Å²) in [4.78, 5) is 26.1. The molecule has 0 aliphatic heterocycles. The number of rotatable bonds is 7. The van der Waals surface area contributed by atoms with Gasteiger partial charge in [-0.15, -0.1) is 0 Å². The summed E-state index contributed by atoms with van der Waals surface area (Å²) in [6.07, 6.45) is 0.826. The Balaban J connectivity index is 1.68. The third-order valence-electron chi connectivity index (χ3n) is 4.67. The quantitative estimate of drug-likeness (QED) is 0.405. The number of amides is 2. The molecule has 0 bridgehead atoms. The first-order valence-corrected chi connectivity index (χ1v) is 10.1. The molecule has 0 unspecified atom stereocenters. The normalized spacial score (nSPS) is 10.6. The highest BCUT2D eigenvalue weighted by Crippen LogP contribution is 2.32. The van der Waals surface area contributed by atoms with Crippen LogP contribution in [0.15, 0.2) is 83.3 Å². The molecule has 0 aliphatic rings. The van der Waals surface area contributed by atoms with E-state index < -0.39 is 5.91 Å². The maximum absolute atomic E-state index is 13.1. The molecule has 0 radical (unpaired) electrons. The number of ether oxygens (including phenoxy) is 1. The minimum absolute atomic E-state index is 0.0327. The molecule has 4 aromatic rings. The molecule has 31 heavy (non-hydrogen) atoms. The van der Waals surface area contributed by atoms with E-state index in [0.29, 0.717) is 40.3 Å². The van der Waals surface area contributed by atoms with Gasteiger partial charge in [0.1, 0.15) is 17.0 Å². The first-order chi connectivity index (χ1) is 15.2. The lowest BCUT2D eigenvalue weighted by Gasteiger charge is -2.11. The molecule has 0 fully saturated rings. The van der Waals surface area contributed by atoms with E-state index in [1.54, 1.807) is 42.5 Å². The van der Waals surface area contributed by atoms with Gasteiger partial charge < -0.3 is 19.8 Å². The van der Waals surface area contributed by atoms with Crippen LogP contribution in [0.3, 0.4) is 0 Å². The fourth-order valence-electron chi connectivity index (χ4n) is 3.21. The highest BCUT2D eigenvalue weighted by atomic mass is 16.5. The Labute approximate surface area is 179 Å². The zero-order chi connectivity index (χ0) is 21.6. The molecule has 1 heterocycles. The summed E-state index contributed by atoms with van der Waals surface area (Å²) in [6, 6.07) is 23.3. The zero-order valence-electron chi connectivity index (χ0n) is 17.1. The predicted molar refractivity (Wildman–Crippen MR) is 121 cm³/mol. The summed E-state index contributed by atoms with van der Waals surface area (Å²) in [6.45, 7) is 2.50. The fraction of sp³-hybridized carbons (Fsp3) is 0.120. The van der Waals surface area contributed by atoms with Gasteiger partial charge >= 0.3 is 0 Å². The van der Waals surface area contributed by atoms with Crippen molar-refractivity contribution in [2.45, 2.75) is 13.3 Å². The topological polar surface area (TPSA) is 80.6 Å². The van der Waals surface area contributed by atoms with Crippen molar-refractivity contribution in [2.24, 2.45) is 0 Å². The van der Waals surface area contributed by atoms with E-state index in [1.807, 2.05) is 43.3 Å². The van der Waals surface area contributed by atoms with E-state index in [0.717, 1.165) is 6.42 Å². The summed E-state index contributed by atoms with van der Waals surface area (Å²) in [5.74, 6) is -0.310. The Morgan fingerprint density at radius 2 is 1.55 bits per heavy atom. The van der Waals surface area contributed by atoms with Crippen molar-refractivity contribution in [3.8, 4) is 5.75 Å². The number of furan rings is 1. The predicted octanol–water partition coefficient (Wildman–Crippen LogP) is 5.73. The molecule has 6 heteroatoms. The SMILES string of the molecule is CCCOc1ccccc1C(=O)Nc1c(C(=O)Nc2ccccc2)oc2ccccc12. The van der Waals surface area contributed by atoms with Crippen molar-refractivity contribution in [1.29, 1.82) is 0 Å². The maximum Gasteiger partial charge on any atom is 0.293 e. The van der Waals surface area contributed by atoms with Gasteiger partial charge in [0.05, 0.1) is 12.2 Å². The number of hydrogen-bond acceptors (Lipinski definition) is 4. The number of carbonyl (C=O) groups excluding carboxylic acids is 2. The Kier molecular flexibility index (Phi) is 5.98. The second-order valence-corrected chi connectivity index (χ2v) is 6.92. The molecule has 0 atom stereocenters. The Bertz CT molecular complexity index is 1210. The number of para-hydroxylation sites is 3. The third-order valence-corrected chi connectivity index (χ3v) is 4.67. The van der Waals surface area contributed by atoms with Crippen molar-refractivity contribution in [3.63, 3.8) is 0 Å². The second kappa shape index (κ2) is 9.17. The molecule has 156 valence electrons. The van der Waals surface area contributed by atoms with Gasteiger partial charge in [-0.05, 0) is 42.8 Å². The molecule has 6 nitrogen and oxygen atoms in total. The second-order valence-electron chi connectivity index (χ2n) is 6.92. The van der Waals surface area contributed by atoms with Crippen LogP contribution in [0.4, 0.5) is 11.4 Å². The van der Waals surface area contributed by atoms with Crippen molar-refractivity contribution < 1.29 is 18.7 Å². The molecule has 0 spiro atoms. The van der Waals surface area contributed by atoms with E-state index in [4.69, 9.17) is 9.15 Å². The Morgan fingerprint density at radius 1 is 0.839 bits per heavy atom. The average Bonchev–Trinajstić information content (AvgIpc) is 3.17. The van der Waals surface area contributed by atoms with Crippen molar-refractivity contribution in [3.05, 3.63) is 90.2 Å². The van der Waals surface area contributed by atoms with Crippen LogP contribution in [0.5, 0.6) is 5.75 Å². The molecule has 0 aliphatic carbocycles. The van der Waals surface area contributed by atoms with Gasteiger partial charge in [-0.25, -0.2) is 0 Å². The third kappa shape index (κ3) is 4.43. The van der Waals surface area contributed by atoms with Gasteiger partial charge in [0, 0.05) is 11.1 Å². The lowest BCUT2D eigenvalue weighted by molar-refractivity contribution is 0.0999. The molecular formula is C25H22N2O4. The first kappa shape index (κ1) is 20.2. The summed E-state index contributed by atoms with van der Waals surface area (Å²) >= 11 is 0. The molecule has 1 aromatic heterocycles. The van der Waals surface area contributed by atoms with Gasteiger partial charge in [0.15, 0.2) is 0 Å². The van der Waals surface area contributed by atoms with E-state index >= 15 is 0 Å². The van der Waals surface area contributed by atoms with E-state index in [9.17, 15) is 9.59 Å². The number of anilines is 2. The zero-order valence-corrected chi connectivity index (χ0v) is 17.1. The lowest BCUT2D eigenvalue weighted by Crippen LogP contribution is -2.18.